The van der Waals surface area contributed by atoms with E-state index in [0.717, 1.165) is 5.69 Å². The lowest BCUT2D eigenvalue weighted by Crippen LogP contribution is -2.64. The summed E-state index contributed by atoms with van der Waals surface area (Å²) in [7, 11) is 1.81. The van der Waals surface area contributed by atoms with Gasteiger partial charge >= 0.3 is 6.18 Å². The van der Waals surface area contributed by atoms with Crippen LogP contribution in [0, 0.1) is 0 Å². The number of halogens is 3. The number of anilines is 1. The molecule has 0 saturated carbocycles. The molecule has 1 spiro atoms. The second-order valence-corrected chi connectivity index (χ2v) is 5.64. The number of fused-ring (bicyclic) bond motifs is 1. The van der Waals surface area contributed by atoms with Gasteiger partial charge in [-0.25, -0.2) is 0 Å². The van der Waals surface area contributed by atoms with E-state index in [1.54, 1.807) is 12.1 Å². The zero-order valence-electron chi connectivity index (χ0n) is 11.6. The van der Waals surface area contributed by atoms with E-state index in [4.69, 9.17) is 0 Å². The Morgan fingerprint density at radius 1 is 1.33 bits per heavy atom. The number of likely N-dealkylation sites (N-methyl/N-ethyl adjacent to an activating group) is 1. The molecule has 0 aromatic heterocycles. The van der Waals surface area contributed by atoms with E-state index in [-0.39, 0.29) is 12.5 Å². The van der Waals surface area contributed by atoms with Gasteiger partial charge in [-0.15, -0.1) is 0 Å². The van der Waals surface area contributed by atoms with E-state index >= 15 is 0 Å². The van der Waals surface area contributed by atoms with Gasteiger partial charge in [-0.05, 0) is 12.1 Å². The molecular formula is C14H16F3N3O. The lowest BCUT2D eigenvalue weighted by molar-refractivity contribution is -0.143. The van der Waals surface area contributed by atoms with E-state index in [1.807, 2.05) is 24.1 Å². The summed E-state index contributed by atoms with van der Waals surface area (Å²) in [6.07, 6.45) is -3.75. The van der Waals surface area contributed by atoms with Crippen molar-refractivity contribution in [2.45, 2.75) is 18.3 Å². The van der Waals surface area contributed by atoms with Crippen LogP contribution >= 0.6 is 0 Å². The maximum atomic E-state index is 12.5. The Bertz CT molecular complexity index is 575. The van der Waals surface area contributed by atoms with Crippen molar-refractivity contribution < 1.29 is 18.0 Å². The second-order valence-electron chi connectivity index (χ2n) is 5.64. The van der Waals surface area contributed by atoms with E-state index in [1.165, 1.54) is 4.90 Å². The van der Waals surface area contributed by atoms with Gasteiger partial charge in [0.15, 0.2) is 0 Å². The second kappa shape index (κ2) is 4.62. The Labute approximate surface area is 120 Å². The quantitative estimate of drug-likeness (QED) is 0.859. The highest BCUT2D eigenvalue weighted by Gasteiger charge is 2.48. The van der Waals surface area contributed by atoms with E-state index in [9.17, 15) is 18.0 Å². The van der Waals surface area contributed by atoms with E-state index in [0.29, 0.717) is 18.5 Å². The third kappa shape index (κ3) is 2.46. The highest BCUT2D eigenvalue weighted by Crippen LogP contribution is 2.36. The molecule has 2 aliphatic rings. The first-order valence-corrected chi connectivity index (χ1v) is 6.75. The van der Waals surface area contributed by atoms with Gasteiger partial charge < -0.3 is 10.2 Å². The molecule has 0 aliphatic carbocycles. The van der Waals surface area contributed by atoms with Crippen LogP contribution in [0.4, 0.5) is 18.9 Å². The third-order valence-corrected chi connectivity index (χ3v) is 4.23. The number of hydrogen-bond donors (Lipinski definition) is 1. The monoisotopic (exact) mass is 299 g/mol. The number of benzene rings is 1. The van der Waals surface area contributed by atoms with Gasteiger partial charge in [0.25, 0.3) is 5.91 Å². The minimum absolute atomic E-state index is 0.170. The van der Waals surface area contributed by atoms with Gasteiger partial charge in [-0.1, -0.05) is 12.1 Å². The molecule has 1 aromatic carbocycles. The van der Waals surface area contributed by atoms with Crippen molar-refractivity contribution in [3.8, 4) is 0 Å². The highest BCUT2D eigenvalue weighted by molar-refractivity contribution is 6.02. The largest absolute Gasteiger partial charge is 0.401 e. The summed E-state index contributed by atoms with van der Waals surface area (Å²) in [5.41, 5.74) is 0.562. The average molecular weight is 299 g/mol. The maximum absolute atomic E-state index is 12.5. The maximum Gasteiger partial charge on any atom is 0.401 e. The molecule has 0 radical (unpaired) electrons. The number of amides is 1. The van der Waals surface area contributed by atoms with Gasteiger partial charge in [0.2, 0.25) is 0 Å². The topological polar surface area (TPSA) is 35.6 Å². The number of carbonyl (C=O) groups is 1. The predicted octanol–water partition coefficient (Wildman–Crippen LogP) is 1.83. The van der Waals surface area contributed by atoms with Crippen molar-refractivity contribution in [2.24, 2.45) is 0 Å². The van der Waals surface area contributed by atoms with Crippen molar-refractivity contribution in [1.82, 2.24) is 10.2 Å². The standard InChI is InChI=1S/C14H16F3N3O/c1-19-11-5-3-2-4-10(11)12(21)18-13(19)6-7-20(8-13)9-14(15,16)17/h2-5H,6-9H2,1H3,(H,18,21). The van der Waals surface area contributed by atoms with Crippen molar-refractivity contribution in [2.75, 3.05) is 31.6 Å². The summed E-state index contributed by atoms with van der Waals surface area (Å²) in [5, 5.41) is 2.89. The number of carbonyl (C=O) groups excluding carboxylic acids is 1. The van der Waals surface area contributed by atoms with Gasteiger partial charge in [0.05, 0.1) is 17.8 Å². The van der Waals surface area contributed by atoms with Gasteiger partial charge in [0, 0.05) is 26.6 Å². The smallest absolute Gasteiger partial charge is 0.350 e. The summed E-state index contributed by atoms with van der Waals surface area (Å²) in [5.74, 6) is -0.224. The first-order valence-electron chi connectivity index (χ1n) is 6.75. The van der Waals surface area contributed by atoms with Gasteiger partial charge in [-0.3, -0.25) is 9.69 Å². The van der Waals surface area contributed by atoms with Crippen LogP contribution in [0.15, 0.2) is 24.3 Å². The molecule has 2 aliphatic heterocycles. The van der Waals surface area contributed by atoms with Crippen LogP contribution in [0.3, 0.4) is 0 Å². The molecular weight excluding hydrogens is 283 g/mol. The first-order chi connectivity index (χ1) is 9.81. The van der Waals surface area contributed by atoms with E-state index < -0.39 is 18.4 Å². The zero-order valence-corrected chi connectivity index (χ0v) is 11.6. The Kier molecular flexibility index (Phi) is 3.12. The summed E-state index contributed by atoms with van der Waals surface area (Å²) in [6.45, 7) is -0.463. The van der Waals surface area contributed by atoms with Crippen molar-refractivity contribution in [3.05, 3.63) is 29.8 Å². The van der Waals surface area contributed by atoms with Crippen LogP contribution < -0.4 is 10.2 Å². The van der Waals surface area contributed by atoms with Crippen LogP contribution in [0.2, 0.25) is 0 Å². The summed E-state index contributed by atoms with van der Waals surface area (Å²) < 4.78 is 37.6. The number of hydrogen-bond acceptors (Lipinski definition) is 3. The number of nitrogens with zero attached hydrogens (tertiary/aromatic N) is 2. The molecule has 3 rings (SSSR count). The van der Waals surface area contributed by atoms with Crippen LogP contribution in [-0.2, 0) is 0 Å². The number of likely N-dealkylation sites (tertiary alicyclic amines) is 1. The fraction of sp³-hybridized carbons (Fsp3) is 0.500. The Morgan fingerprint density at radius 3 is 2.76 bits per heavy atom. The Morgan fingerprint density at radius 2 is 2.05 bits per heavy atom. The lowest BCUT2D eigenvalue weighted by atomic mass is 9.99. The van der Waals surface area contributed by atoms with Crippen LogP contribution in [-0.4, -0.2) is 49.3 Å². The summed E-state index contributed by atoms with van der Waals surface area (Å²) in [6, 6.07) is 7.14. The Hall–Kier alpha value is -1.76. The fourth-order valence-electron chi connectivity index (χ4n) is 3.19. The van der Waals surface area contributed by atoms with Crippen LogP contribution in [0.1, 0.15) is 16.8 Å². The summed E-state index contributed by atoms with van der Waals surface area (Å²) in [4.78, 5) is 15.4. The molecule has 1 unspecified atom stereocenters. The summed E-state index contributed by atoms with van der Waals surface area (Å²) >= 11 is 0. The lowest BCUT2D eigenvalue weighted by Gasteiger charge is -2.45. The SMILES string of the molecule is CN1c2ccccc2C(=O)NC12CCN(CC(F)(F)F)C2. The van der Waals surface area contributed by atoms with Gasteiger partial charge in [0.1, 0.15) is 5.66 Å². The number of para-hydroxylation sites is 1. The van der Waals surface area contributed by atoms with Crippen molar-refractivity contribution in [1.29, 1.82) is 0 Å². The fourth-order valence-corrected chi connectivity index (χ4v) is 3.19. The molecule has 2 heterocycles. The predicted molar refractivity (Wildman–Crippen MR) is 72.2 cm³/mol. The number of nitrogens with one attached hydrogen (secondary N) is 1. The molecule has 4 nitrogen and oxygen atoms in total. The minimum atomic E-state index is -4.22. The molecule has 114 valence electrons. The van der Waals surface area contributed by atoms with Crippen LogP contribution in [0.25, 0.3) is 0 Å². The third-order valence-electron chi connectivity index (χ3n) is 4.23. The molecule has 0 bridgehead atoms. The van der Waals surface area contributed by atoms with Gasteiger partial charge in [-0.2, -0.15) is 13.2 Å². The van der Waals surface area contributed by atoms with Crippen LogP contribution in [0.5, 0.6) is 0 Å². The zero-order chi connectivity index (χ0) is 15.3. The number of alkyl halides is 3. The minimum Gasteiger partial charge on any atom is -0.350 e. The molecule has 1 N–H and O–H groups in total. The molecule has 1 aromatic rings. The first kappa shape index (κ1) is 14.2. The molecule has 1 atom stereocenters. The molecule has 7 heteroatoms. The van der Waals surface area contributed by atoms with Crippen molar-refractivity contribution >= 4 is 11.6 Å². The number of rotatable bonds is 1. The normalized spacial score (nSPS) is 26.1. The highest BCUT2D eigenvalue weighted by atomic mass is 19.4. The molecule has 1 fully saturated rings. The molecule has 1 amide bonds. The van der Waals surface area contributed by atoms with E-state index in [2.05, 4.69) is 5.32 Å². The average Bonchev–Trinajstić information content (AvgIpc) is 2.78. The Balaban J connectivity index is 1.86. The molecule has 21 heavy (non-hydrogen) atoms. The molecule has 1 saturated heterocycles. The van der Waals surface area contributed by atoms with Crippen molar-refractivity contribution in [3.63, 3.8) is 0 Å².